The van der Waals surface area contributed by atoms with Crippen molar-refractivity contribution in [1.29, 1.82) is 0 Å². The van der Waals surface area contributed by atoms with E-state index < -0.39 is 5.76 Å². The number of amides is 2. The fraction of sp³-hybridized carbons (Fsp3) is 0.233. The maximum Gasteiger partial charge on any atom is 0.419 e. The van der Waals surface area contributed by atoms with Crippen molar-refractivity contribution in [2.45, 2.75) is 13.3 Å². The maximum absolute atomic E-state index is 13.3. The van der Waals surface area contributed by atoms with Gasteiger partial charge in [0, 0.05) is 48.0 Å². The number of aryl methyl sites for hydroxylation is 1. The summed E-state index contributed by atoms with van der Waals surface area (Å²) in [7, 11) is 5.65. The Hall–Kier alpha value is -4.34. The van der Waals surface area contributed by atoms with Crippen molar-refractivity contribution in [3.63, 3.8) is 0 Å². The van der Waals surface area contributed by atoms with Gasteiger partial charge in [-0.15, -0.1) is 0 Å². The summed E-state index contributed by atoms with van der Waals surface area (Å²) in [5.74, 6) is -0.781. The van der Waals surface area contributed by atoms with Gasteiger partial charge in [0.1, 0.15) is 0 Å². The number of hydrogen-bond acceptors (Lipinski definition) is 6. The SMILES string of the molecule is CC(=O)N(CCCN(C)C)c1ccc(N/C(=C2\C(=O)Nc3cc(Cl)ccc32)c2ccc3c(c2)oc(=O)n3C)cc1. The van der Waals surface area contributed by atoms with E-state index in [9.17, 15) is 14.4 Å². The van der Waals surface area contributed by atoms with Crippen molar-refractivity contribution < 1.29 is 14.0 Å². The molecule has 0 unspecified atom stereocenters. The van der Waals surface area contributed by atoms with Crippen molar-refractivity contribution in [3.05, 3.63) is 87.4 Å². The van der Waals surface area contributed by atoms with Crippen molar-refractivity contribution in [2.75, 3.05) is 42.7 Å². The van der Waals surface area contributed by atoms with Crippen LogP contribution in [0.25, 0.3) is 22.4 Å². The summed E-state index contributed by atoms with van der Waals surface area (Å²) in [6.45, 7) is 3.04. The molecule has 0 bridgehead atoms. The van der Waals surface area contributed by atoms with Crippen LogP contribution in [-0.4, -0.2) is 48.5 Å². The summed E-state index contributed by atoms with van der Waals surface area (Å²) < 4.78 is 6.85. The largest absolute Gasteiger partial charge is 0.419 e. The van der Waals surface area contributed by atoms with Crippen LogP contribution < -0.4 is 21.3 Å². The van der Waals surface area contributed by atoms with E-state index in [1.807, 2.05) is 44.4 Å². The monoisotopic (exact) mass is 559 g/mol. The van der Waals surface area contributed by atoms with Gasteiger partial charge in [-0.3, -0.25) is 14.2 Å². The molecule has 206 valence electrons. The number of nitrogens with one attached hydrogen (secondary N) is 2. The summed E-state index contributed by atoms with van der Waals surface area (Å²) in [6.07, 6.45) is 0.847. The van der Waals surface area contributed by atoms with E-state index in [4.69, 9.17) is 16.0 Å². The molecule has 0 radical (unpaired) electrons. The van der Waals surface area contributed by atoms with Crippen LogP contribution in [-0.2, 0) is 16.6 Å². The number of anilines is 3. The minimum atomic E-state index is -0.468. The predicted molar refractivity (Wildman–Crippen MR) is 160 cm³/mol. The highest BCUT2D eigenvalue weighted by molar-refractivity contribution is 6.38. The van der Waals surface area contributed by atoms with Gasteiger partial charge < -0.3 is 24.9 Å². The van der Waals surface area contributed by atoms with E-state index in [1.165, 1.54) is 4.57 Å². The Kier molecular flexibility index (Phi) is 7.51. The number of fused-ring (bicyclic) bond motifs is 2. The van der Waals surface area contributed by atoms with Gasteiger partial charge in [-0.1, -0.05) is 23.7 Å². The van der Waals surface area contributed by atoms with Crippen LogP contribution >= 0.6 is 11.6 Å². The van der Waals surface area contributed by atoms with Gasteiger partial charge in [-0.05, 0) is 75.6 Å². The Morgan fingerprint density at radius 2 is 1.77 bits per heavy atom. The zero-order valence-electron chi connectivity index (χ0n) is 22.7. The minimum absolute atomic E-state index is 0.0298. The third-order valence-electron chi connectivity index (χ3n) is 6.87. The molecule has 2 N–H and O–H groups in total. The van der Waals surface area contributed by atoms with Crippen LogP contribution in [0.15, 0.2) is 69.9 Å². The van der Waals surface area contributed by atoms with Crippen molar-refractivity contribution >= 4 is 62.8 Å². The number of aromatic nitrogens is 1. The molecule has 9 nitrogen and oxygen atoms in total. The van der Waals surface area contributed by atoms with Gasteiger partial charge in [-0.2, -0.15) is 0 Å². The number of oxazole rings is 1. The predicted octanol–water partition coefficient (Wildman–Crippen LogP) is 5.02. The van der Waals surface area contributed by atoms with Gasteiger partial charge in [0.05, 0.1) is 22.5 Å². The molecule has 1 aliphatic rings. The van der Waals surface area contributed by atoms with Gasteiger partial charge in [0.15, 0.2) is 5.58 Å². The lowest BCUT2D eigenvalue weighted by molar-refractivity contribution is -0.116. The van der Waals surface area contributed by atoms with Gasteiger partial charge in [0.2, 0.25) is 5.91 Å². The Labute approximate surface area is 236 Å². The first kappa shape index (κ1) is 27.2. The van der Waals surface area contributed by atoms with Crippen LogP contribution in [0.5, 0.6) is 0 Å². The van der Waals surface area contributed by atoms with E-state index in [-0.39, 0.29) is 11.8 Å². The van der Waals surface area contributed by atoms with E-state index in [1.54, 1.807) is 49.2 Å². The quantitative estimate of drug-likeness (QED) is 0.294. The number of halogens is 1. The van der Waals surface area contributed by atoms with Gasteiger partial charge in [0.25, 0.3) is 5.91 Å². The molecular weight excluding hydrogens is 530 g/mol. The molecule has 0 atom stereocenters. The van der Waals surface area contributed by atoms with E-state index in [0.29, 0.717) is 56.4 Å². The average molecular weight is 560 g/mol. The first-order valence-corrected chi connectivity index (χ1v) is 13.3. The van der Waals surface area contributed by atoms with Crippen LogP contribution in [0.3, 0.4) is 0 Å². The average Bonchev–Trinajstić information content (AvgIpc) is 3.38. The Morgan fingerprint density at radius 3 is 2.48 bits per heavy atom. The Balaban J connectivity index is 1.55. The van der Waals surface area contributed by atoms with Crippen LogP contribution in [0.1, 0.15) is 24.5 Å². The number of benzene rings is 3. The summed E-state index contributed by atoms with van der Waals surface area (Å²) in [6, 6.07) is 18.1. The van der Waals surface area contributed by atoms with E-state index in [2.05, 4.69) is 15.5 Å². The van der Waals surface area contributed by atoms with E-state index in [0.717, 1.165) is 18.7 Å². The number of carbonyl (C=O) groups excluding carboxylic acids is 2. The second-order valence-corrected chi connectivity index (χ2v) is 10.4. The van der Waals surface area contributed by atoms with Crippen LogP contribution in [0.4, 0.5) is 17.1 Å². The molecule has 2 amide bonds. The topological polar surface area (TPSA) is 99.8 Å². The smallest absolute Gasteiger partial charge is 0.408 e. The molecule has 1 aromatic heterocycles. The highest BCUT2D eigenvalue weighted by Gasteiger charge is 2.29. The molecule has 4 aromatic rings. The molecule has 0 spiro atoms. The summed E-state index contributed by atoms with van der Waals surface area (Å²) in [4.78, 5) is 41.6. The summed E-state index contributed by atoms with van der Waals surface area (Å²) in [5.41, 5.74) is 5.50. The summed E-state index contributed by atoms with van der Waals surface area (Å²) in [5, 5.41) is 6.82. The summed E-state index contributed by atoms with van der Waals surface area (Å²) >= 11 is 6.18. The molecule has 1 aliphatic heterocycles. The van der Waals surface area contributed by atoms with Gasteiger partial charge in [-0.25, -0.2) is 4.79 Å². The zero-order chi connectivity index (χ0) is 28.6. The lowest BCUT2D eigenvalue weighted by Crippen LogP contribution is -2.31. The molecule has 5 rings (SSSR count). The number of carbonyl (C=O) groups is 2. The lowest BCUT2D eigenvalue weighted by atomic mass is 9.99. The number of nitrogens with zero attached hydrogens (tertiary/aromatic N) is 3. The minimum Gasteiger partial charge on any atom is -0.408 e. The molecule has 3 aromatic carbocycles. The highest BCUT2D eigenvalue weighted by atomic mass is 35.5. The van der Waals surface area contributed by atoms with E-state index >= 15 is 0 Å². The van der Waals surface area contributed by atoms with Crippen molar-refractivity contribution in [1.82, 2.24) is 9.47 Å². The number of hydrogen-bond donors (Lipinski definition) is 2. The highest BCUT2D eigenvalue weighted by Crippen LogP contribution is 2.39. The molecule has 0 saturated heterocycles. The Bertz CT molecular complexity index is 1700. The molecular formula is C30H30ClN5O4. The Morgan fingerprint density at radius 1 is 1.02 bits per heavy atom. The number of rotatable bonds is 8. The third-order valence-corrected chi connectivity index (χ3v) is 7.11. The zero-order valence-corrected chi connectivity index (χ0v) is 23.5. The fourth-order valence-corrected chi connectivity index (χ4v) is 5.02. The third kappa shape index (κ3) is 5.38. The standard InChI is InChI=1S/C30H30ClN5O4/c1-18(37)36(15-5-14-34(2)3)22-10-8-21(9-11-22)32-28(19-6-13-25-26(16-19)40-30(39)35(25)4)27-23-12-7-20(31)17-24(23)33-29(27)38/h6-13,16-17,32H,5,14-15H2,1-4H3,(H,33,38)/b28-27-. The van der Waals surface area contributed by atoms with Crippen molar-refractivity contribution in [2.24, 2.45) is 7.05 Å². The molecule has 2 heterocycles. The van der Waals surface area contributed by atoms with Crippen LogP contribution in [0.2, 0.25) is 5.02 Å². The second kappa shape index (κ2) is 11.0. The normalized spacial score (nSPS) is 13.9. The lowest BCUT2D eigenvalue weighted by Gasteiger charge is -2.23. The molecule has 10 heteroatoms. The second-order valence-electron chi connectivity index (χ2n) is 10.0. The first-order chi connectivity index (χ1) is 19.1. The molecule has 0 saturated carbocycles. The van der Waals surface area contributed by atoms with Crippen LogP contribution in [0, 0.1) is 0 Å². The molecule has 0 aliphatic carbocycles. The van der Waals surface area contributed by atoms with Gasteiger partial charge >= 0.3 is 5.76 Å². The molecule has 40 heavy (non-hydrogen) atoms. The molecule has 0 fully saturated rings. The maximum atomic E-state index is 13.3. The fourth-order valence-electron chi connectivity index (χ4n) is 4.84. The first-order valence-electron chi connectivity index (χ1n) is 12.9. The van der Waals surface area contributed by atoms with Crippen molar-refractivity contribution in [3.8, 4) is 0 Å².